The minimum Gasteiger partial charge on any atom is -0.457 e. The Balaban J connectivity index is 1.18. The molecular weight excluding hydrogens is 526 g/mol. The van der Waals surface area contributed by atoms with Gasteiger partial charge in [-0.2, -0.15) is 0 Å². The lowest BCUT2D eigenvalue weighted by Gasteiger charge is -2.25. The molecule has 1 aromatic heterocycles. The standard InChI is InChI=1S/C30H33N5O4S/c31-27(32)21-14-24(40-18-21)16-33-29(38)25-15-30(12-4-5-13-30)19-35(25)26(36)17-34-28(37)20-8-10-23(11-9-20)39-22-6-2-1-3-7-22/h1-3,6-11,14,18,25H,4-5,12-13,15-17,19H2,(H3,31,32)(H,33,38)(H,34,37)/t25-/m0/s1. The molecule has 2 fully saturated rings. The summed E-state index contributed by atoms with van der Waals surface area (Å²) >= 11 is 1.43. The number of carbonyl (C=O) groups excluding carboxylic acids is 3. The molecule has 0 bridgehead atoms. The van der Waals surface area contributed by atoms with E-state index in [-0.39, 0.29) is 35.5 Å². The fraction of sp³-hybridized carbons (Fsp3) is 0.333. The number of nitrogen functional groups attached to an aromatic ring is 1. The molecule has 5 rings (SSSR count). The van der Waals surface area contributed by atoms with Gasteiger partial charge in [0.25, 0.3) is 5.91 Å². The normalized spacial score (nSPS) is 17.5. The van der Waals surface area contributed by atoms with Gasteiger partial charge in [-0.25, -0.2) is 0 Å². The van der Waals surface area contributed by atoms with Crippen LogP contribution in [0.25, 0.3) is 0 Å². The van der Waals surface area contributed by atoms with Gasteiger partial charge in [0.05, 0.1) is 13.1 Å². The zero-order valence-corrected chi connectivity index (χ0v) is 23.0. The van der Waals surface area contributed by atoms with Gasteiger partial charge in [0.2, 0.25) is 11.8 Å². The zero-order chi connectivity index (χ0) is 28.1. The Kier molecular flexibility index (Phi) is 8.16. The van der Waals surface area contributed by atoms with Crippen molar-refractivity contribution in [2.24, 2.45) is 11.1 Å². The maximum absolute atomic E-state index is 13.3. The molecule has 0 radical (unpaired) electrons. The summed E-state index contributed by atoms with van der Waals surface area (Å²) in [4.78, 5) is 41.9. The molecule has 5 N–H and O–H groups in total. The highest BCUT2D eigenvalue weighted by Gasteiger charge is 2.49. The highest BCUT2D eigenvalue weighted by Crippen LogP contribution is 2.47. The number of amides is 3. The molecule has 208 valence electrons. The lowest BCUT2D eigenvalue weighted by molar-refractivity contribution is -0.137. The minimum absolute atomic E-state index is 0.0110. The Morgan fingerprint density at radius 3 is 2.38 bits per heavy atom. The van der Waals surface area contributed by atoms with Crippen molar-refractivity contribution in [1.29, 1.82) is 5.41 Å². The number of hydrogen-bond acceptors (Lipinski definition) is 6. The summed E-state index contributed by atoms with van der Waals surface area (Å²) in [6.07, 6.45) is 4.82. The van der Waals surface area contributed by atoms with Crippen LogP contribution in [0.4, 0.5) is 0 Å². The van der Waals surface area contributed by atoms with Crippen LogP contribution < -0.4 is 21.1 Å². The first-order valence-corrected chi connectivity index (χ1v) is 14.3. The van der Waals surface area contributed by atoms with Crippen molar-refractivity contribution >= 4 is 34.9 Å². The summed E-state index contributed by atoms with van der Waals surface area (Å²) < 4.78 is 5.77. The number of carbonyl (C=O) groups is 3. The van der Waals surface area contributed by atoms with Crippen LogP contribution >= 0.6 is 11.3 Å². The maximum atomic E-state index is 13.3. The second kappa shape index (κ2) is 11.9. The summed E-state index contributed by atoms with van der Waals surface area (Å²) in [6.45, 7) is 0.648. The Morgan fingerprint density at radius 2 is 1.70 bits per heavy atom. The fourth-order valence-electron chi connectivity index (χ4n) is 5.61. The van der Waals surface area contributed by atoms with Crippen LogP contribution in [0.15, 0.2) is 66.0 Å². The molecule has 3 amide bonds. The molecule has 40 heavy (non-hydrogen) atoms. The van der Waals surface area contributed by atoms with Crippen LogP contribution in [0.5, 0.6) is 11.5 Å². The van der Waals surface area contributed by atoms with Crippen molar-refractivity contribution in [2.45, 2.75) is 44.7 Å². The van der Waals surface area contributed by atoms with E-state index >= 15 is 0 Å². The first kappa shape index (κ1) is 27.4. The summed E-state index contributed by atoms with van der Waals surface area (Å²) in [5.74, 6) is 0.460. The molecule has 10 heteroatoms. The molecule has 1 aliphatic carbocycles. The second-order valence-electron chi connectivity index (χ2n) is 10.5. The number of amidine groups is 1. The Hall–Kier alpha value is -4.18. The van der Waals surface area contributed by atoms with Crippen molar-refractivity contribution in [3.8, 4) is 11.5 Å². The van der Waals surface area contributed by atoms with Crippen molar-refractivity contribution < 1.29 is 19.1 Å². The molecule has 0 unspecified atom stereocenters. The number of nitrogens with two attached hydrogens (primary N) is 1. The van der Waals surface area contributed by atoms with Crippen LogP contribution in [0.2, 0.25) is 0 Å². The quantitative estimate of drug-likeness (QED) is 0.232. The second-order valence-corrected chi connectivity index (χ2v) is 11.5. The fourth-order valence-corrected chi connectivity index (χ4v) is 6.43. The van der Waals surface area contributed by atoms with Crippen LogP contribution in [0, 0.1) is 10.8 Å². The highest BCUT2D eigenvalue weighted by molar-refractivity contribution is 7.10. The number of para-hydroxylation sites is 1. The molecule has 1 saturated carbocycles. The summed E-state index contributed by atoms with van der Waals surface area (Å²) in [5, 5.41) is 15.0. The van der Waals surface area contributed by atoms with Gasteiger partial charge in [-0.15, -0.1) is 11.3 Å². The predicted octanol–water partition coefficient (Wildman–Crippen LogP) is 4.03. The Morgan fingerprint density at radius 1 is 1.00 bits per heavy atom. The van der Waals surface area contributed by atoms with Crippen molar-refractivity contribution in [3.63, 3.8) is 0 Å². The first-order chi connectivity index (χ1) is 19.3. The number of nitrogens with zero attached hydrogens (tertiary/aromatic N) is 1. The molecule has 2 aliphatic rings. The number of likely N-dealkylation sites (tertiary alicyclic amines) is 1. The third-order valence-corrected chi connectivity index (χ3v) is 8.63. The van der Waals surface area contributed by atoms with E-state index in [4.69, 9.17) is 15.9 Å². The van der Waals surface area contributed by atoms with E-state index in [1.165, 1.54) is 11.3 Å². The number of thiophene rings is 1. The average Bonchev–Trinajstić information content (AvgIpc) is 3.72. The van der Waals surface area contributed by atoms with Crippen molar-refractivity contribution in [3.05, 3.63) is 82.0 Å². The smallest absolute Gasteiger partial charge is 0.251 e. The van der Waals surface area contributed by atoms with Crippen LogP contribution in [0.3, 0.4) is 0 Å². The molecule has 3 aromatic rings. The van der Waals surface area contributed by atoms with Gasteiger partial charge in [0.15, 0.2) is 0 Å². The third kappa shape index (κ3) is 6.34. The third-order valence-electron chi connectivity index (χ3n) is 7.69. The van der Waals surface area contributed by atoms with Gasteiger partial charge in [-0.1, -0.05) is 31.0 Å². The minimum atomic E-state index is -0.579. The van der Waals surface area contributed by atoms with Crippen molar-refractivity contribution in [1.82, 2.24) is 15.5 Å². The van der Waals surface area contributed by atoms with Crippen LogP contribution in [-0.4, -0.2) is 47.6 Å². The molecular formula is C30H33N5O4S. The van der Waals surface area contributed by atoms with E-state index in [1.54, 1.807) is 40.6 Å². The number of hydrogen-bond donors (Lipinski definition) is 4. The number of benzene rings is 2. The number of rotatable bonds is 9. The number of ether oxygens (including phenoxy) is 1. The monoisotopic (exact) mass is 559 g/mol. The Bertz CT molecular complexity index is 1380. The van der Waals surface area contributed by atoms with E-state index < -0.39 is 6.04 Å². The first-order valence-electron chi connectivity index (χ1n) is 13.4. The molecule has 2 heterocycles. The predicted molar refractivity (Wildman–Crippen MR) is 153 cm³/mol. The zero-order valence-electron chi connectivity index (χ0n) is 22.2. The van der Waals surface area contributed by atoms with E-state index in [1.807, 2.05) is 30.3 Å². The van der Waals surface area contributed by atoms with E-state index in [0.717, 1.165) is 30.6 Å². The summed E-state index contributed by atoms with van der Waals surface area (Å²) in [5.41, 5.74) is 6.55. The van der Waals surface area contributed by atoms with Gasteiger partial charge in [0.1, 0.15) is 23.4 Å². The van der Waals surface area contributed by atoms with Gasteiger partial charge < -0.3 is 26.0 Å². The van der Waals surface area contributed by atoms with Gasteiger partial charge >= 0.3 is 0 Å². The largest absolute Gasteiger partial charge is 0.457 e. The van der Waals surface area contributed by atoms with Crippen molar-refractivity contribution in [2.75, 3.05) is 13.1 Å². The SMILES string of the molecule is N=C(N)c1csc(CNC(=O)[C@@H]2CC3(CCCC3)CN2C(=O)CNC(=O)c2ccc(Oc3ccccc3)cc2)c1. The van der Waals surface area contributed by atoms with Crippen LogP contribution in [0.1, 0.15) is 52.9 Å². The topological polar surface area (TPSA) is 138 Å². The molecule has 2 aromatic carbocycles. The average molecular weight is 560 g/mol. The Labute approximate surface area is 237 Å². The number of nitrogens with one attached hydrogen (secondary N) is 3. The molecule has 1 aliphatic heterocycles. The van der Waals surface area contributed by atoms with E-state index in [9.17, 15) is 14.4 Å². The summed E-state index contributed by atoms with van der Waals surface area (Å²) in [6, 6.07) is 17.3. The summed E-state index contributed by atoms with van der Waals surface area (Å²) in [7, 11) is 0. The molecule has 1 spiro atoms. The van der Waals surface area contributed by atoms with Gasteiger partial charge in [-0.3, -0.25) is 19.8 Å². The molecule has 1 saturated heterocycles. The van der Waals surface area contributed by atoms with Gasteiger partial charge in [-0.05, 0) is 67.1 Å². The molecule has 9 nitrogen and oxygen atoms in total. The van der Waals surface area contributed by atoms with Gasteiger partial charge in [0, 0.05) is 27.9 Å². The maximum Gasteiger partial charge on any atom is 0.251 e. The lowest BCUT2D eigenvalue weighted by atomic mass is 9.84. The van der Waals surface area contributed by atoms with Crippen LogP contribution in [-0.2, 0) is 16.1 Å². The highest BCUT2D eigenvalue weighted by atomic mass is 32.1. The van der Waals surface area contributed by atoms with E-state index in [0.29, 0.717) is 42.1 Å². The van der Waals surface area contributed by atoms with E-state index in [2.05, 4.69) is 10.6 Å². The molecule has 1 atom stereocenters. The lowest BCUT2D eigenvalue weighted by Crippen LogP contribution is -2.48.